The van der Waals surface area contributed by atoms with Crippen LogP contribution < -0.4 is 0 Å². The summed E-state index contributed by atoms with van der Waals surface area (Å²) in [4.78, 5) is 24.5. The predicted molar refractivity (Wildman–Crippen MR) is 109 cm³/mol. The van der Waals surface area contributed by atoms with Crippen LogP contribution in [0.15, 0.2) is 18.2 Å². The van der Waals surface area contributed by atoms with Crippen molar-refractivity contribution in [1.29, 1.82) is 0 Å². The van der Waals surface area contributed by atoms with Gasteiger partial charge in [0.15, 0.2) is 0 Å². The van der Waals surface area contributed by atoms with E-state index >= 15 is 0 Å². The molecule has 0 aliphatic heterocycles. The highest BCUT2D eigenvalue weighted by Crippen LogP contribution is 2.33. The van der Waals surface area contributed by atoms with E-state index in [1.54, 1.807) is 6.92 Å². The van der Waals surface area contributed by atoms with Gasteiger partial charge < -0.3 is 9.47 Å². The van der Waals surface area contributed by atoms with Crippen LogP contribution in [0.1, 0.15) is 77.5 Å². The Balaban J connectivity index is 2.82. The van der Waals surface area contributed by atoms with Crippen LogP contribution in [0.25, 0.3) is 0 Å². The normalized spacial score (nSPS) is 15.2. The maximum absolute atomic E-state index is 12.5. The minimum atomic E-state index is -0.556. The van der Waals surface area contributed by atoms with E-state index in [-0.39, 0.29) is 30.4 Å². The van der Waals surface area contributed by atoms with Crippen molar-refractivity contribution >= 4 is 11.9 Å². The number of carbonyl (C=O) groups excluding carboxylic acids is 2. The first-order valence-corrected chi connectivity index (χ1v) is 9.81. The number of hydrogen-bond acceptors (Lipinski definition) is 4. The van der Waals surface area contributed by atoms with Crippen LogP contribution in [0.2, 0.25) is 0 Å². The third-order valence-corrected chi connectivity index (χ3v) is 4.61. The van der Waals surface area contributed by atoms with Gasteiger partial charge in [0.05, 0.1) is 12.3 Å². The lowest BCUT2D eigenvalue weighted by molar-refractivity contribution is -0.163. The largest absolute Gasteiger partial charge is 0.462 e. The van der Waals surface area contributed by atoms with Gasteiger partial charge in [-0.05, 0) is 58.6 Å². The van der Waals surface area contributed by atoms with E-state index in [0.29, 0.717) is 5.92 Å². The highest BCUT2D eigenvalue weighted by Gasteiger charge is 2.30. The van der Waals surface area contributed by atoms with E-state index in [1.807, 2.05) is 27.7 Å². The minimum absolute atomic E-state index is 0.0265. The Bertz CT molecular complexity index is 655. The van der Waals surface area contributed by atoms with Gasteiger partial charge in [-0.3, -0.25) is 9.59 Å². The fraction of sp³-hybridized carbons (Fsp3) is 0.652. The van der Waals surface area contributed by atoms with Crippen molar-refractivity contribution in [2.75, 3.05) is 0 Å². The van der Waals surface area contributed by atoms with Crippen LogP contribution in [0.3, 0.4) is 0 Å². The molecule has 0 aliphatic rings. The number of ether oxygens (including phenoxy) is 2. The second-order valence-corrected chi connectivity index (χ2v) is 8.96. The first kappa shape index (κ1) is 23.2. The Morgan fingerprint density at radius 1 is 1.04 bits per heavy atom. The molecule has 4 nitrogen and oxygen atoms in total. The molecule has 1 rings (SSSR count). The molecule has 0 spiro atoms. The molecule has 0 unspecified atom stereocenters. The third kappa shape index (κ3) is 7.36. The summed E-state index contributed by atoms with van der Waals surface area (Å²) in [5, 5.41) is 0. The van der Waals surface area contributed by atoms with E-state index < -0.39 is 11.5 Å². The average Bonchev–Trinajstić information content (AvgIpc) is 2.47. The van der Waals surface area contributed by atoms with Gasteiger partial charge in [0.2, 0.25) is 0 Å². The van der Waals surface area contributed by atoms with Gasteiger partial charge in [0.25, 0.3) is 0 Å². The zero-order valence-electron chi connectivity index (χ0n) is 18.4. The molecule has 1 aromatic rings. The van der Waals surface area contributed by atoms with Crippen LogP contribution >= 0.6 is 0 Å². The second-order valence-electron chi connectivity index (χ2n) is 8.96. The molecule has 27 heavy (non-hydrogen) atoms. The minimum Gasteiger partial charge on any atom is -0.462 e. The standard InChI is InChI=1S/C23H36O4/c1-14(2)21(19-11-10-15(3)12-16(19)4)18(6)26-22(25)17(5)13-20(24)27-23(7,8)9/h10-12,14,17-18,21H,13H2,1-9H3/t17-,18+,21-/m1/s1. The molecule has 1 aromatic carbocycles. The Morgan fingerprint density at radius 2 is 1.63 bits per heavy atom. The van der Waals surface area contributed by atoms with Gasteiger partial charge in [0.1, 0.15) is 11.7 Å². The molecule has 4 heteroatoms. The summed E-state index contributed by atoms with van der Waals surface area (Å²) >= 11 is 0. The number of aryl methyl sites for hydroxylation is 2. The molecule has 3 atom stereocenters. The number of rotatable bonds is 7. The van der Waals surface area contributed by atoms with Gasteiger partial charge >= 0.3 is 11.9 Å². The average molecular weight is 377 g/mol. The second kappa shape index (κ2) is 9.38. The van der Waals surface area contributed by atoms with E-state index in [2.05, 4.69) is 45.9 Å². The van der Waals surface area contributed by atoms with Gasteiger partial charge in [-0.2, -0.15) is 0 Å². The van der Waals surface area contributed by atoms with Crippen LogP contribution in [-0.2, 0) is 19.1 Å². The number of esters is 2. The van der Waals surface area contributed by atoms with Gasteiger partial charge in [0, 0.05) is 5.92 Å². The van der Waals surface area contributed by atoms with Gasteiger partial charge in [-0.25, -0.2) is 0 Å². The fourth-order valence-electron chi connectivity index (χ4n) is 3.44. The summed E-state index contributed by atoms with van der Waals surface area (Å²) in [6.45, 7) is 17.5. The lowest BCUT2D eigenvalue weighted by Gasteiger charge is -2.30. The van der Waals surface area contributed by atoms with Crippen LogP contribution in [0.5, 0.6) is 0 Å². The Kier molecular flexibility index (Phi) is 8.06. The Labute approximate surface area is 164 Å². The monoisotopic (exact) mass is 376 g/mol. The number of hydrogen-bond donors (Lipinski definition) is 0. The number of carbonyl (C=O) groups is 2. The molecule has 0 saturated heterocycles. The van der Waals surface area contributed by atoms with Crippen molar-refractivity contribution in [3.63, 3.8) is 0 Å². The van der Waals surface area contributed by atoms with Crippen LogP contribution in [0, 0.1) is 25.7 Å². The maximum Gasteiger partial charge on any atom is 0.309 e. The number of benzene rings is 1. The quantitative estimate of drug-likeness (QED) is 0.603. The first-order valence-electron chi connectivity index (χ1n) is 9.81. The zero-order valence-corrected chi connectivity index (χ0v) is 18.4. The first-order chi connectivity index (χ1) is 12.3. The summed E-state index contributed by atoms with van der Waals surface area (Å²) in [5.74, 6) is -0.856. The van der Waals surface area contributed by atoms with Crippen LogP contribution in [-0.4, -0.2) is 23.6 Å². The van der Waals surface area contributed by atoms with Crippen molar-refractivity contribution in [2.45, 2.75) is 86.4 Å². The Morgan fingerprint density at radius 3 is 2.11 bits per heavy atom. The van der Waals surface area contributed by atoms with Crippen molar-refractivity contribution in [1.82, 2.24) is 0 Å². The van der Waals surface area contributed by atoms with Crippen LogP contribution in [0.4, 0.5) is 0 Å². The molecule has 0 saturated carbocycles. The zero-order chi connectivity index (χ0) is 20.9. The summed E-state index contributed by atoms with van der Waals surface area (Å²) in [6, 6.07) is 6.38. The van der Waals surface area contributed by atoms with Crippen molar-refractivity contribution in [3.8, 4) is 0 Å². The molecule has 0 aromatic heterocycles. The maximum atomic E-state index is 12.5. The molecular formula is C23H36O4. The van der Waals surface area contributed by atoms with E-state index in [9.17, 15) is 9.59 Å². The smallest absolute Gasteiger partial charge is 0.309 e. The molecule has 0 aliphatic carbocycles. The SMILES string of the molecule is Cc1ccc([C@H](C(C)C)[C@H](C)OC(=O)[C@H](C)CC(=O)OC(C)(C)C)c(C)c1. The molecule has 0 radical (unpaired) electrons. The molecule has 0 amide bonds. The predicted octanol–water partition coefficient (Wildman–Crippen LogP) is 5.34. The highest BCUT2D eigenvalue weighted by molar-refractivity contribution is 5.80. The van der Waals surface area contributed by atoms with E-state index in [1.165, 1.54) is 16.7 Å². The van der Waals surface area contributed by atoms with Crippen molar-refractivity contribution in [3.05, 3.63) is 34.9 Å². The molecule has 0 heterocycles. The van der Waals surface area contributed by atoms with E-state index in [4.69, 9.17) is 9.47 Å². The molecule has 0 fully saturated rings. The van der Waals surface area contributed by atoms with Crippen molar-refractivity contribution in [2.24, 2.45) is 11.8 Å². The summed E-state index contributed by atoms with van der Waals surface area (Å²) in [5.41, 5.74) is 3.07. The van der Waals surface area contributed by atoms with Gasteiger partial charge in [-0.1, -0.05) is 44.5 Å². The summed E-state index contributed by atoms with van der Waals surface area (Å²) < 4.78 is 11.1. The topological polar surface area (TPSA) is 52.6 Å². The van der Waals surface area contributed by atoms with E-state index in [0.717, 1.165) is 0 Å². The lowest BCUT2D eigenvalue weighted by Crippen LogP contribution is -2.31. The molecular weight excluding hydrogens is 340 g/mol. The third-order valence-electron chi connectivity index (χ3n) is 4.61. The molecule has 0 N–H and O–H groups in total. The lowest BCUT2D eigenvalue weighted by atomic mass is 9.82. The fourth-order valence-corrected chi connectivity index (χ4v) is 3.44. The van der Waals surface area contributed by atoms with Gasteiger partial charge in [-0.15, -0.1) is 0 Å². The highest BCUT2D eigenvalue weighted by atomic mass is 16.6. The molecule has 152 valence electrons. The summed E-state index contributed by atoms with van der Waals surface area (Å²) in [6.07, 6.45) is -0.251. The molecule has 0 bridgehead atoms. The Hall–Kier alpha value is -1.84. The summed E-state index contributed by atoms with van der Waals surface area (Å²) in [7, 11) is 0. The van der Waals surface area contributed by atoms with Crippen molar-refractivity contribution < 1.29 is 19.1 Å².